The molecule has 0 fully saturated rings. The molecule has 220 valence electrons. The highest BCUT2D eigenvalue weighted by Crippen LogP contribution is 2.38. The number of rotatable bonds is 4. The van der Waals surface area contributed by atoms with Gasteiger partial charge in [0.05, 0.1) is 22.1 Å². The number of thiol groups is 1. The predicted molar refractivity (Wildman–Crippen MR) is 201 cm³/mol. The van der Waals surface area contributed by atoms with Crippen molar-refractivity contribution in [2.75, 3.05) is 6.26 Å². The molecule has 0 atom stereocenters. The molecule has 7 aromatic carbocycles. The number of fused-ring (bicyclic) bond motifs is 6. The van der Waals surface area contributed by atoms with E-state index >= 15 is 0 Å². The van der Waals surface area contributed by atoms with E-state index in [0.717, 1.165) is 5.69 Å². The van der Waals surface area contributed by atoms with Crippen molar-refractivity contribution in [3.8, 4) is 33.6 Å². The fourth-order valence-corrected chi connectivity index (χ4v) is 6.89. The van der Waals surface area contributed by atoms with Crippen molar-refractivity contribution in [3.63, 3.8) is 0 Å². The third kappa shape index (κ3) is 4.60. The normalized spacial score (nSPS) is 11.3. The van der Waals surface area contributed by atoms with Gasteiger partial charge in [-0.3, -0.25) is 0 Å². The van der Waals surface area contributed by atoms with Crippen molar-refractivity contribution in [2.45, 2.75) is 0 Å². The average molecular weight is 609 g/mol. The molecule has 0 aliphatic rings. The van der Waals surface area contributed by atoms with Crippen LogP contribution in [0.3, 0.4) is 0 Å². The smallest absolute Gasteiger partial charge is 0.0541 e. The molecule has 0 saturated carbocycles. The third-order valence-electron chi connectivity index (χ3n) is 8.90. The molecule has 0 saturated heterocycles. The lowest BCUT2D eigenvalue weighted by Crippen LogP contribution is -1.94. The molecule has 0 aliphatic heterocycles. The molecule has 9 rings (SSSR count). The molecule has 0 bridgehead atoms. The van der Waals surface area contributed by atoms with Crippen LogP contribution in [0.4, 0.5) is 0 Å². The fraction of sp³-hybridized carbons (Fsp3) is 0.0233. The molecule has 0 N–H and O–H groups in total. The monoisotopic (exact) mass is 608 g/mol. The Morgan fingerprint density at radius 1 is 0.304 bits per heavy atom. The van der Waals surface area contributed by atoms with Crippen LogP contribution in [0.25, 0.3) is 77.2 Å². The molecule has 0 aliphatic carbocycles. The molecule has 0 radical (unpaired) electrons. The van der Waals surface area contributed by atoms with Crippen LogP contribution < -0.4 is 0 Å². The maximum Gasteiger partial charge on any atom is 0.0541 e. The summed E-state index contributed by atoms with van der Waals surface area (Å²) in [5.41, 5.74) is 12.1. The largest absolute Gasteiger partial charge is 0.309 e. The van der Waals surface area contributed by atoms with Crippen molar-refractivity contribution in [1.82, 2.24) is 9.13 Å². The molecular weight excluding hydrogens is 577 g/mol. The van der Waals surface area contributed by atoms with Crippen molar-refractivity contribution in [2.24, 2.45) is 0 Å². The van der Waals surface area contributed by atoms with E-state index in [-0.39, 0.29) is 0 Å². The molecule has 0 unspecified atom stereocenters. The molecule has 2 heterocycles. The molecule has 2 aromatic heterocycles. The van der Waals surface area contributed by atoms with Crippen molar-refractivity contribution in [1.29, 1.82) is 0 Å². The molecule has 9 aromatic rings. The summed E-state index contributed by atoms with van der Waals surface area (Å²) < 4.78 is 4.77. The zero-order chi connectivity index (χ0) is 31.0. The van der Waals surface area contributed by atoms with Crippen LogP contribution in [0.5, 0.6) is 0 Å². The average Bonchev–Trinajstić information content (AvgIpc) is 3.65. The summed E-state index contributed by atoms with van der Waals surface area (Å²) in [6, 6.07) is 61.4. The lowest BCUT2D eigenvalue weighted by Gasteiger charge is -2.11. The molecule has 2 nitrogen and oxygen atoms in total. The first-order chi connectivity index (χ1) is 22.8. The van der Waals surface area contributed by atoms with Crippen molar-refractivity contribution >= 4 is 56.2 Å². The first-order valence-electron chi connectivity index (χ1n) is 15.6. The Hall–Kier alpha value is -5.51. The van der Waals surface area contributed by atoms with Crippen LogP contribution in [-0.2, 0) is 0 Å². The Labute approximate surface area is 274 Å². The second kappa shape index (κ2) is 11.8. The van der Waals surface area contributed by atoms with Gasteiger partial charge in [-0.1, -0.05) is 109 Å². The van der Waals surface area contributed by atoms with Crippen LogP contribution in [0.15, 0.2) is 170 Å². The number of hydrogen-bond donors (Lipinski definition) is 1. The van der Waals surface area contributed by atoms with Gasteiger partial charge in [-0.05, 0) is 89.2 Å². The maximum atomic E-state index is 3.53. The van der Waals surface area contributed by atoms with E-state index in [2.05, 4.69) is 192 Å². The fourth-order valence-electron chi connectivity index (χ4n) is 6.89. The quantitative estimate of drug-likeness (QED) is 0.191. The number of benzene rings is 7. The molecule has 3 heteroatoms. The first-order valence-corrected chi connectivity index (χ1v) is 16.5. The van der Waals surface area contributed by atoms with E-state index in [1.54, 1.807) is 6.26 Å². The molecule has 0 amide bonds. The SMILES string of the molecule is CS.c1ccc(-c2ccc3c(c2)c2ccccc2n3-c2cccc(-c3ccc4c(c3)c3ccccc3n4-c3ccccc3)c2)cc1. The Balaban J connectivity index is 0.00000153. The maximum absolute atomic E-state index is 3.53. The second-order valence-corrected chi connectivity index (χ2v) is 11.4. The van der Waals surface area contributed by atoms with Gasteiger partial charge in [0.25, 0.3) is 0 Å². The van der Waals surface area contributed by atoms with Gasteiger partial charge in [-0.25, -0.2) is 0 Å². The van der Waals surface area contributed by atoms with E-state index in [4.69, 9.17) is 0 Å². The third-order valence-corrected chi connectivity index (χ3v) is 8.90. The molecular formula is C43H32N2S. The Bertz CT molecular complexity index is 2490. The van der Waals surface area contributed by atoms with Gasteiger partial charge in [-0.15, -0.1) is 0 Å². The summed E-state index contributed by atoms with van der Waals surface area (Å²) in [6.07, 6.45) is 1.69. The van der Waals surface area contributed by atoms with Crippen LogP contribution >= 0.6 is 12.6 Å². The van der Waals surface area contributed by atoms with Gasteiger partial charge in [-0.2, -0.15) is 12.6 Å². The second-order valence-electron chi connectivity index (χ2n) is 11.4. The summed E-state index contributed by atoms with van der Waals surface area (Å²) in [7, 11) is 0. The number of nitrogens with zero attached hydrogens (tertiary/aromatic N) is 2. The van der Waals surface area contributed by atoms with Crippen LogP contribution in [0, 0.1) is 0 Å². The van der Waals surface area contributed by atoms with Gasteiger partial charge in [0.2, 0.25) is 0 Å². The van der Waals surface area contributed by atoms with Gasteiger partial charge in [0.15, 0.2) is 0 Å². The minimum atomic E-state index is 1.16. The summed E-state index contributed by atoms with van der Waals surface area (Å²) in [5.74, 6) is 0. The Morgan fingerprint density at radius 2 is 0.717 bits per heavy atom. The summed E-state index contributed by atoms with van der Waals surface area (Å²) in [4.78, 5) is 0. The number of aromatic nitrogens is 2. The molecule has 0 spiro atoms. The van der Waals surface area contributed by atoms with Crippen molar-refractivity contribution < 1.29 is 0 Å². The number of hydrogen-bond acceptors (Lipinski definition) is 1. The highest BCUT2D eigenvalue weighted by atomic mass is 32.1. The Kier molecular flexibility index (Phi) is 7.17. The van der Waals surface area contributed by atoms with E-state index in [1.165, 1.54) is 71.6 Å². The standard InChI is InChI=1S/C42H28N2.CH4S/c1-3-12-29(13-4-1)31-22-24-42-37(27-31)36-19-8-10-21-40(36)44(42)34-17-11-14-30(26-34)32-23-25-41-38(28-32)35-18-7-9-20-39(35)43(41)33-15-5-2-6-16-33;1-2/h1-28H;2H,1H3. The predicted octanol–water partition coefficient (Wildman–Crippen LogP) is 11.8. The minimum Gasteiger partial charge on any atom is -0.309 e. The zero-order valence-corrected chi connectivity index (χ0v) is 26.4. The summed E-state index contributed by atoms with van der Waals surface area (Å²) >= 11 is 3.53. The summed E-state index contributed by atoms with van der Waals surface area (Å²) in [5, 5.41) is 5.06. The minimum absolute atomic E-state index is 1.16. The lowest BCUT2D eigenvalue weighted by atomic mass is 10.0. The van der Waals surface area contributed by atoms with Crippen LogP contribution in [-0.4, -0.2) is 15.4 Å². The van der Waals surface area contributed by atoms with E-state index in [1.807, 2.05) is 0 Å². The highest BCUT2D eigenvalue weighted by Gasteiger charge is 2.15. The highest BCUT2D eigenvalue weighted by molar-refractivity contribution is 7.79. The lowest BCUT2D eigenvalue weighted by molar-refractivity contribution is 1.18. The zero-order valence-electron chi connectivity index (χ0n) is 25.5. The van der Waals surface area contributed by atoms with E-state index in [9.17, 15) is 0 Å². The van der Waals surface area contributed by atoms with E-state index in [0.29, 0.717) is 0 Å². The van der Waals surface area contributed by atoms with Crippen molar-refractivity contribution in [3.05, 3.63) is 170 Å². The van der Waals surface area contributed by atoms with E-state index < -0.39 is 0 Å². The van der Waals surface area contributed by atoms with Gasteiger partial charge >= 0.3 is 0 Å². The molecule has 46 heavy (non-hydrogen) atoms. The van der Waals surface area contributed by atoms with Gasteiger partial charge in [0.1, 0.15) is 0 Å². The summed E-state index contributed by atoms with van der Waals surface area (Å²) in [6.45, 7) is 0. The first kappa shape index (κ1) is 28.0. The Morgan fingerprint density at radius 3 is 1.33 bits per heavy atom. The topological polar surface area (TPSA) is 9.86 Å². The number of para-hydroxylation sites is 3. The van der Waals surface area contributed by atoms with Gasteiger partial charge < -0.3 is 9.13 Å². The van der Waals surface area contributed by atoms with Crippen LogP contribution in [0.1, 0.15) is 0 Å². The van der Waals surface area contributed by atoms with Crippen LogP contribution in [0.2, 0.25) is 0 Å². The van der Waals surface area contributed by atoms with Gasteiger partial charge in [0, 0.05) is 32.9 Å².